The normalized spacial score (nSPS) is 19.1. The molecule has 2 rings (SSSR count). The fourth-order valence-electron chi connectivity index (χ4n) is 2.87. The lowest BCUT2D eigenvalue weighted by Gasteiger charge is -2.27. The number of carbonyl (C=O) groups excluding carboxylic acids is 2. The second-order valence-electron chi connectivity index (χ2n) is 6.72. The highest BCUT2D eigenvalue weighted by molar-refractivity contribution is 6.24. The van der Waals surface area contributed by atoms with Gasteiger partial charge in [-0.15, -0.1) is 0 Å². The number of nitrogens with two attached hydrogens (primary N) is 1. The first-order chi connectivity index (χ1) is 15.1. The Morgan fingerprint density at radius 3 is 2.44 bits per heavy atom. The van der Waals surface area contributed by atoms with E-state index in [0.29, 0.717) is 17.6 Å². The molecule has 32 heavy (non-hydrogen) atoms. The van der Waals surface area contributed by atoms with Crippen molar-refractivity contribution in [3.63, 3.8) is 0 Å². The zero-order valence-electron chi connectivity index (χ0n) is 17.4. The van der Waals surface area contributed by atoms with Crippen molar-refractivity contribution in [3.05, 3.63) is 72.6 Å². The molecule has 0 bridgehead atoms. The third kappa shape index (κ3) is 6.10. The van der Waals surface area contributed by atoms with Gasteiger partial charge in [0.25, 0.3) is 5.91 Å². The van der Waals surface area contributed by atoms with Crippen molar-refractivity contribution >= 4 is 23.2 Å². The highest BCUT2D eigenvalue weighted by Gasteiger charge is 2.41. The topological polar surface area (TPSA) is 106 Å². The van der Waals surface area contributed by atoms with E-state index in [9.17, 15) is 22.8 Å². The summed E-state index contributed by atoms with van der Waals surface area (Å²) in [7, 11) is 1.42. The Bertz CT molecular complexity index is 993. The molecule has 4 N–H and O–H groups in total. The molecule has 0 saturated carbocycles. The number of halogens is 3. The van der Waals surface area contributed by atoms with E-state index in [4.69, 9.17) is 10.5 Å². The predicted octanol–water partition coefficient (Wildman–Crippen LogP) is 3.05. The molecule has 1 aliphatic rings. The first-order valence-corrected chi connectivity index (χ1v) is 9.45. The zero-order chi connectivity index (χ0) is 23.9. The largest absolute Gasteiger partial charge is 0.497 e. The van der Waals surface area contributed by atoms with Gasteiger partial charge in [0.2, 0.25) is 5.91 Å². The molecule has 0 heterocycles. The molecule has 7 nitrogen and oxygen atoms in total. The minimum absolute atomic E-state index is 0.0364. The van der Waals surface area contributed by atoms with Crippen LogP contribution in [0.2, 0.25) is 0 Å². The number of carbonyl (C=O) groups is 2. The van der Waals surface area contributed by atoms with Gasteiger partial charge in [-0.2, -0.15) is 13.2 Å². The van der Waals surface area contributed by atoms with Crippen LogP contribution in [-0.2, 0) is 9.59 Å². The van der Waals surface area contributed by atoms with Crippen LogP contribution in [0, 0.1) is 5.92 Å². The summed E-state index contributed by atoms with van der Waals surface area (Å²) in [6, 6.07) is 5.04. The SMILES string of the molecule is C=CC(=O)NC1C=CC=C(NC(=O)C(=CN)C(=Nc2ccc(OC)cc2)C(F)(F)F)C1C. The number of benzene rings is 1. The summed E-state index contributed by atoms with van der Waals surface area (Å²) in [6.07, 6.45) is 1.50. The summed E-state index contributed by atoms with van der Waals surface area (Å²) in [5, 5.41) is 5.11. The summed E-state index contributed by atoms with van der Waals surface area (Å²) in [4.78, 5) is 27.9. The number of hydrogen-bond donors (Lipinski definition) is 3. The van der Waals surface area contributed by atoms with Crippen LogP contribution in [0.5, 0.6) is 5.75 Å². The van der Waals surface area contributed by atoms with Gasteiger partial charge in [-0.3, -0.25) is 9.59 Å². The van der Waals surface area contributed by atoms with Crippen LogP contribution in [0.15, 0.2) is 77.6 Å². The van der Waals surface area contributed by atoms with Gasteiger partial charge >= 0.3 is 6.18 Å². The quantitative estimate of drug-likeness (QED) is 0.440. The number of allylic oxidation sites excluding steroid dienone is 2. The fourth-order valence-corrected chi connectivity index (χ4v) is 2.87. The lowest BCUT2D eigenvalue weighted by Crippen LogP contribution is -2.43. The first-order valence-electron chi connectivity index (χ1n) is 9.45. The van der Waals surface area contributed by atoms with Crippen LogP contribution >= 0.6 is 0 Å². The lowest BCUT2D eigenvalue weighted by molar-refractivity contribution is -0.117. The van der Waals surface area contributed by atoms with E-state index in [1.807, 2.05) is 0 Å². The summed E-state index contributed by atoms with van der Waals surface area (Å²) in [6.45, 7) is 5.07. The number of amides is 2. The molecule has 2 unspecified atom stereocenters. The molecule has 2 atom stereocenters. The molecule has 10 heteroatoms. The van der Waals surface area contributed by atoms with Crippen molar-refractivity contribution in [2.45, 2.75) is 19.1 Å². The molecule has 0 saturated heterocycles. The number of alkyl halides is 3. The van der Waals surface area contributed by atoms with E-state index < -0.39 is 41.2 Å². The van der Waals surface area contributed by atoms with Crippen LogP contribution in [0.4, 0.5) is 18.9 Å². The van der Waals surface area contributed by atoms with E-state index >= 15 is 0 Å². The number of rotatable bonds is 7. The van der Waals surface area contributed by atoms with E-state index in [0.717, 1.165) is 6.08 Å². The molecule has 0 aromatic heterocycles. The second-order valence-corrected chi connectivity index (χ2v) is 6.72. The smallest absolute Gasteiger partial charge is 0.434 e. The summed E-state index contributed by atoms with van der Waals surface area (Å²) in [5.41, 5.74) is 3.37. The maximum Gasteiger partial charge on any atom is 0.434 e. The van der Waals surface area contributed by atoms with Gasteiger partial charge in [-0.1, -0.05) is 25.7 Å². The maximum atomic E-state index is 13.7. The molecule has 0 spiro atoms. The molecule has 0 fully saturated rings. The van der Waals surface area contributed by atoms with E-state index in [-0.39, 0.29) is 5.69 Å². The highest BCUT2D eigenvalue weighted by Crippen LogP contribution is 2.27. The predicted molar refractivity (Wildman–Crippen MR) is 115 cm³/mol. The van der Waals surface area contributed by atoms with Crippen LogP contribution in [0.3, 0.4) is 0 Å². The Labute approximate surface area is 183 Å². The average Bonchev–Trinajstić information content (AvgIpc) is 2.76. The fraction of sp³-hybridized carbons (Fsp3) is 0.227. The first kappa shape index (κ1) is 24.4. The molecule has 1 aliphatic carbocycles. The van der Waals surface area contributed by atoms with E-state index in [2.05, 4.69) is 22.2 Å². The third-order valence-electron chi connectivity index (χ3n) is 4.62. The maximum absolute atomic E-state index is 13.7. The van der Waals surface area contributed by atoms with Crippen molar-refractivity contribution in [1.29, 1.82) is 0 Å². The van der Waals surface area contributed by atoms with Crippen LogP contribution in [-0.4, -0.2) is 36.9 Å². The second kappa shape index (κ2) is 10.5. The van der Waals surface area contributed by atoms with Crippen LogP contribution < -0.4 is 21.1 Å². The van der Waals surface area contributed by atoms with Crippen molar-refractivity contribution in [2.24, 2.45) is 16.6 Å². The minimum Gasteiger partial charge on any atom is -0.497 e. The van der Waals surface area contributed by atoms with Crippen LogP contribution in [0.25, 0.3) is 0 Å². The number of aliphatic imine (C=N–C) groups is 1. The molecule has 1 aromatic rings. The zero-order valence-corrected chi connectivity index (χ0v) is 17.4. The summed E-state index contributed by atoms with van der Waals surface area (Å²) >= 11 is 0. The monoisotopic (exact) mass is 448 g/mol. The van der Waals surface area contributed by atoms with E-state index in [1.165, 1.54) is 37.5 Å². The Kier molecular flexibility index (Phi) is 8.00. The number of nitrogens with zero attached hydrogens (tertiary/aromatic N) is 1. The standard InChI is InChI=1S/C22H23F3N4O3/c1-4-19(30)28-17-6-5-7-18(13(17)2)29-21(31)16(12-26)20(22(23,24)25)27-14-8-10-15(32-3)11-9-14/h4-13,17H,1,26H2,2-3H3,(H,28,30)(H,29,31). The molecule has 170 valence electrons. The molecule has 1 aromatic carbocycles. The van der Waals surface area contributed by atoms with Crippen molar-refractivity contribution < 1.29 is 27.5 Å². The number of ether oxygens (including phenoxy) is 1. The summed E-state index contributed by atoms with van der Waals surface area (Å²) in [5.74, 6) is -1.50. The lowest BCUT2D eigenvalue weighted by atomic mass is 9.93. The Balaban J connectivity index is 2.29. The van der Waals surface area contributed by atoms with Gasteiger partial charge < -0.3 is 21.1 Å². The summed E-state index contributed by atoms with van der Waals surface area (Å²) < 4.78 is 46.2. The van der Waals surface area contributed by atoms with Gasteiger partial charge in [0.1, 0.15) is 5.75 Å². The number of methoxy groups -OCH3 is 1. The molecule has 0 aliphatic heterocycles. The highest BCUT2D eigenvalue weighted by atomic mass is 19.4. The van der Waals surface area contributed by atoms with Gasteiger partial charge in [-0.05, 0) is 36.4 Å². The van der Waals surface area contributed by atoms with Gasteiger partial charge in [-0.25, -0.2) is 4.99 Å². The minimum atomic E-state index is -4.95. The van der Waals surface area contributed by atoms with Crippen molar-refractivity contribution in [3.8, 4) is 5.75 Å². The number of hydrogen-bond acceptors (Lipinski definition) is 5. The Morgan fingerprint density at radius 2 is 1.91 bits per heavy atom. The molecular weight excluding hydrogens is 425 g/mol. The average molecular weight is 448 g/mol. The molecule has 0 radical (unpaired) electrons. The Morgan fingerprint density at radius 1 is 1.25 bits per heavy atom. The Hall–Kier alpha value is -3.82. The third-order valence-corrected chi connectivity index (χ3v) is 4.62. The van der Waals surface area contributed by atoms with Crippen molar-refractivity contribution in [2.75, 3.05) is 7.11 Å². The van der Waals surface area contributed by atoms with Crippen LogP contribution in [0.1, 0.15) is 6.92 Å². The van der Waals surface area contributed by atoms with Crippen molar-refractivity contribution in [1.82, 2.24) is 10.6 Å². The molecule has 2 amide bonds. The molecular formula is C22H23F3N4O3. The van der Waals surface area contributed by atoms with Gasteiger partial charge in [0.15, 0.2) is 5.71 Å². The van der Waals surface area contributed by atoms with Gasteiger partial charge in [0, 0.05) is 17.8 Å². The van der Waals surface area contributed by atoms with E-state index in [1.54, 1.807) is 19.1 Å². The number of nitrogens with one attached hydrogen (secondary N) is 2. The van der Waals surface area contributed by atoms with Gasteiger partial charge in [0.05, 0.1) is 24.4 Å².